The first-order chi connectivity index (χ1) is 10.7. The second-order valence-corrected chi connectivity index (χ2v) is 5.38. The predicted molar refractivity (Wildman–Crippen MR) is 87.8 cm³/mol. The van der Waals surface area contributed by atoms with Crippen LogP contribution >= 0.6 is 0 Å². The maximum atomic E-state index is 10.6. The van der Waals surface area contributed by atoms with Crippen LogP contribution in [0, 0.1) is 10.1 Å². The first kappa shape index (κ1) is 16.0. The van der Waals surface area contributed by atoms with Crippen molar-refractivity contribution in [2.75, 3.05) is 6.54 Å². The third-order valence-electron chi connectivity index (χ3n) is 3.68. The van der Waals surface area contributed by atoms with Gasteiger partial charge in [-0.25, -0.2) is 4.99 Å². The van der Waals surface area contributed by atoms with E-state index in [0.29, 0.717) is 19.1 Å². The lowest BCUT2D eigenvalue weighted by atomic mass is 10.2. The number of non-ortho nitro benzene ring substituents is 1. The number of guanidine groups is 1. The van der Waals surface area contributed by atoms with Gasteiger partial charge in [0.2, 0.25) is 0 Å². The highest BCUT2D eigenvalue weighted by Gasteiger charge is 2.15. The van der Waals surface area contributed by atoms with Gasteiger partial charge in [0.1, 0.15) is 0 Å². The van der Waals surface area contributed by atoms with Crippen molar-refractivity contribution in [1.82, 2.24) is 10.6 Å². The highest BCUT2D eigenvalue weighted by Crippen LogP contribution is 2.17. The number of nitro groups is 1. The molecule has 0 amide bonds. The summed E-state index contributed by atoms with van der Waals surface area (Å²) >= 11 is 0. The van der Waals surface area contributed by atoms with Crippen molar-refractivity contribution >= 4 is 11.6 Å². The molecule has 22 heavy (non-hydrogen) atoms. The molecule has 0 aromatic heterocycles. The molecule has 6 heteroatoms. The molecule has 1 aliphatic carbocycles. The maximum Gasteiger partial charge on any atom is 0.269 e. The van der Waals surface area contributed by atoms with Gasteiger partial charge in [0, 0.05) is 24.7 Å². The minimum atomic E-state index is -0.397. The Labute approximate surface area is 130 Å². The van der Waals surface area contributed by atoms with Crippen molar-refractivity contribution in [2.45, 2.75) is 38.3 Å². The van der Waals surface area contributed by atoms with E-state index < -0.39 is 4.92 Å². The summed E-state index contributed by atoms with van der Waals surface area (Å²) in [6.07, 6.45) is 6.65. The Balaban J connectivity index is 1.97. The molecule has 1 saturated carbocycles. The zero-order valence-electron chi connectivity index (χ0n) is 12.6. The van der Waals surface area contributed by atoms with Crippen molar-refractivity contribution in [3.8, 4) is 0 Å². The summed E-state index contributed by atoms with van der Waals surface area (Å²) in [5, 5.41) is 17.3. The van der Waals surface area contributed by atoms with Crippen LogP contribution in [0.5, 0.6) is 0 Å². The molecule has 1 aromatic rings. The van der Waals surface area contributed by atoms with Crippen molar-refractivity contribution < 1.29 is 4.92 Å². The molecular formula is C16H22N4O2. The minimum Gasteiger partial charge on any atom is -0.354 e. The smallest absolute Gasteiger partial charge is 0.269 e. The zero-order valence-corrected chi connectivity index (χ0v) is 12.6. The zero-order chi connectivity index (χ0) is 15.8. The lowest BCUT2D eigenvalue weighted by Crippen LogP contribution is -2.42. The van der Waals surface area contributed by atoms with Gasteiger partial charge in [0.15, 0.2) is 5.96 Å². The molecule has 118 valence electrons. The Bertz CT molecular complexity index is 534. The Morgan fingerprint density at radius 1 is 1.36 bits per heavy atom. The van der Waals surface area contributed by atoms with Crippen LogP contribution in [-0.4, -0.2) is 23.5 Å². The summed E-state index contributed by atoms with van der Waals surface area (Å²) in [6.45, 7) is 4.83. The van der Waals surface area contributed by atoms with Gasteiger partial charge < -0.3 is 10.6 Å². The van der Waals surface area contributed by atoms with Gasteiger partial charge in [0.25, 0.3) is 5.69 Å². The van der Waals surface area contributed by atoms with E-state index in [4.69, 9.17) is 0 Å². The molecule has 2 N–H and O–H groups in total. The maximum absolute atomic E-state index is 10.6. The Morgan fingerprint density at radius 2 is 2.05 bits per heavy atom. The van der Waals surface area contributed by atoms with Gasteiger partial charge in [-0.2, -0.15) is 0 Å². The van der Waals surface area contributed by atoms with Crippen molar-refractivity contribution in [2.24, 2.45) is 4.99 Å². The van der Waals surface area contributed by atoms with E-state index >= 15 is 0 Å². The first-order valence-electron chi connectivity index (χ1n) is 7.58. The lowest BCUT2D eigenvalue weighted by Gasteiger charge is -2.16. The number of nitrogens with one attached hydrogen (secondary N) is 2. The topological polar surface area (TPSA) is 79.6 Å². The van der Waals surface area contributed by atoms with Crippen LogP contribution in [0.2, 0.25) is 0 Å². The van der Waals surface area contributed by atoms with Crippen LogP contribution in [0.25, 0.3) is 0 Å². The molecule has 6 nitrogen and oxygen atoms in total. The van der Waals surface area contributed by atoms with E-state index in [0.717, 1.165) is 11.5 Å². The lowest BCUT2D eigenvalue weighted by molar-refractivity contribution is -0.384. The largest absolute Gasteiger partial charge is 0.354 e. The third kappa shape index (κ3) is 4.87. The summed E-state index contributed by atoms with van der Waals surface area (Å²) < 4.78 is 0. The van der Waals surface area contributed by atoms with Gasteiger partial charge in [-0.15, -0.1) is 6.58 Å². The summed E-state index contributed by atoms with van der Waals surface area (Å²) in [6, 6.07) is 6.97. The fourth-order valence-corrected chi connectivity index (χ4v) is 2.48. The second-order valence-electron chi connectivity index (χ2n) is 5.38. The molecule has 0 unspecified atom stereocenters. The SMILES string of the molecule is C=CCNC(=NCc1ccc([N+](=O)[O-])cc1)NC1CCCC1. The Morgan fingerprint density at radius 3 is 2.64 bits per heavy atom. The van der Waals surface area contributed by atoms with Crippen LogP contribution in [0.4, 0.5) is 5.69 Å². The number of benzene rings is 1. The molecule has 0 radical (unpaired) electrons. The number of rotatable bonds is 6. The first-order valence-corrected chi connectivity index (χ1v) is 7.58. The van der Waals surface area contributed by atoms with Crippen molar-refractivity contribution in [3.05, 3.63) is 52.6 Å². The molecule has 1 fully saturated rings. The second kappa shape index (κ2) is 8.17. The number of hydrogen-bond donors (Lipinski definition) is 2. The van der Waals surface area contributed by atoms with E-state index in [2.05, 4.69) is 22.2 Å². The fourth-order valence-electron chi connectivity index (χ4n) is 2.48. The molecule has 0 heterocycles. The summed E-state index contributed by atoms with van der Waals surface area (Å²) in [4.78, 5) is 14.8. The number of nitrogens with zero attached hydrogens (tertiary/aromatic N) is 2. The average Bonchev–Trinajstić information content (AvgIpc) is 3.03. The van der Waals surface area contributed by atoms with Crippen LogP contribution in [0.3, 0.4) is 0 Å². The quantitative estimate of drug-likeness (QED) is 0.278. The molecular weight excluding hydrogens is 280 g/mol. The van der Waals surface area contributed by atoms with Crippen LogP contribution in [0.1, 0.15) is 31.2 Å². The van der Waals surface area contributed by atoms with Gasteiger partial charge in [-0.05, 0) is 18.4 Å². The molecule has 0 aliphatic heterocycles. The predicted octanol–water partition coefficient (Wildman–Crippen LogP) is 2.76. The van der Waals surface area contributed by atoms with Crippen LogP contribution in [-0.2, 0) is 6.54 Å². The molecule has 0 bridgehead atoms. The Kier molecular flexibility index (Phi) is 5.94. The van der Waals surface area contributed by atoms with Crippen molar-refractivity contribution in [3.63, 3.8) is 0 Å². The number of hydrogen-bond acceptors (Lipinski definition) is 3. The normalized spacial score (nSPS) is 15.5. The molecule has 2 rings (SSSR count). The van der Waals surface area contributed by atoms with E-state index in [9.17, 15) is 10.1 Å². The molecule has 1 aliphatic rings. The molecule has 0 saturated heterocycles. The fraction of sp³-hybridized carbons (Fsp3) is 0.438. The molecule has 0 spiro atoms. The minimum absolute atomic E-state index is 0.0989. The standard InChI is InChI=1S/C16H22N4O2/c1-2-11-17-16(19-14-5-3-4-6-14)18-12-13-7-9-15(10-8-13)20(21)22/h2,7-10,14H,1,3-6,11-12H2,(H2,17,18,19). The Hall–Kier alpha value is -2.37. The molecule has 0 atom stereocenters. The number of nitro benzene ring substituents is 1. The van der Waals surface area contributed by atoms with E-state index in [-0.39, 0.29) is 5.69 Å². The van der Waals surface area contributed by atoms with Gasteiger partial charge in [-0.3, -0.25) is 10.1 Å². The van der Waals surface area contributed by atoms with Crippen LogP contribution < -0.4 is 10.6 Å². The molecule has 1 aromatic carbocycles. The summed E-state index contributed by atoms with van der Waals surface area (Å²) in [7, 11) is 0. The highest BCUT2D eigenvalue weighted by atomic mass is 16.6. The van der Waals surface area contributed by atoms with Crippen LogP contribution in [0.15, 0.2) is 41.9 Å². The van der Waals surface area contributed by atoms with Crippen molar-refractivity contribution in [1.29, 1.82) is 0 Å². The monoisotopic (exact) mass is 302 g/mol. The summed E-state index contributed by atoms with van der Waals surface area (Å²) in [5.41, 5.74) is 1.04. The van der Waals surface area contributed by atoms with E-state index in [1.165, 1.54) is 37.8 Å². The number of aliphatic imine (C=N–C) groups is 1. The van der Waals surface area contributed by atoms with E-state index in [1.54, 1.807) is 18.2 Å². The van der Waals surface area contributed by atoms with E-state index in [1.807, 2.05) is 0 Å². The third-order valence-corrected chi connectivity index (χ3v) is 3.68. The highest BCUT2D eigenvalue weighted by molar-refractivity contribution is 5.80. The van der Waals surface area contributed by atoms with Gasteiger partial charge in [0.05, 0.1) is 11.5 Å². The van der Waals surface area contributed by atoms with Gasteiger partial charge in [-0.1, -0.05) is 31.1 Å². The average molecular weight is 302 g/mol. The summed E-state index contributed by atoms with van der Waals surface area (Å²) in [5.74, 6) is 0.769. The van der Waals surface area contributed by atoms with Gasteiger partial charge >= 0.3 is 0 Å².